The molecular formula is C30H36N2O3. The number of amides is 2. The lowest BCUT2D eigenvalue weighted by molar-refractivity contribution is -0.137. The molecule has 1 heterocycles. The molecule has 4 rings (SSSR count). The average molecular weight is 473 g/mol. The van der Waals surface area contributed by atoms with E-state index in [9.17, 15) is 14.4 Å². The summed E-state index contributed by atoms with van der Waals surface area (Å²) in [5, 5.41) is 2.84. The lowest BCUT2D eigenvalue weighted by Crippen LogP contribution is -2.49. The Morgan fingerprint density at radius 1 is 1.00 bits per heavy atom. The molecule has 1 N–H and O–H groups in total. The highest BCUT2D eigenvalue weighted by Gasteiger charge is 2.57. The van der Waals surface area contributed by atoms with Crippen LogP contribution in [-0.4, -0.2) is 34.6 Å². The molecule has 2 fully saturated rings. The number of likely N-dealkylation sites (tertiary alicyclic amines) is 1. The van der Waals surface area contributed by atoms with Gasteiger partial charge < -0.3 is 10.2 Å². The maximum Gasteiger partial charge on any atom is 0.244 e. The van der Waals surface area contributed by atoms with E-state index in [4.69, 9.17) is 0 Å². The van der Waals surface area contributed by atoms with Crippen LogP contribution in [-0.2, 0) is 20.8 Å². The Bertz CT molecular complexity index is 1100. The molecule has 5 nitrogen and oxygen atoms in total. The zero-order valence-electron chi connectivity index (χ0n) is 21.0. The van der Waals surface area contributed by atoms with Gasteiger partial charge >= 0.3 is 0 Å². The third-order valence-corrected chi connectivity index (χ3v) is 7.49. The van der Waals surface area contributed by atoms with Crippen LogP contribution in [0.5, 0.6) is 0 Å². The van der Waals surface area contributed by atoms with Gasteiger partial charge in [-0.05, 0) is 62.8 Å². The molecule has 0 bridgehead atoms. The van der Waals surface area contributed by atoms with Crippen molar-refractivity contribution in [2.45, 2.75) is 70.8 Å². The van der Waals surface area contributed by atoms with Gasteiger partial charge in [0.1, 0.15) is 5.54 Å². The Labute approximate surface area is 208 Å². The smallest absolute Gasteiger partial charge is 0.244 e. The fourth-order valence-electron chi connectivity index (χ4n) is 5.42. The molecule has 0 radical (unpaired) electrons. The van der Waals surface area contributed by atoms with E-state index in [2.05, 4.69) is 17.4 Å². The lowest BCUT2D eigenvalue weighted by Gasteiger charge is -2.33. The summed E-state index contributed by atoms with van der Waals surface area (Å²) in [5.74, 6) is -2.09. The fourth-order valence-corrected chi connectivity index (χ4v) is 5.42. The van der Waals surface area contributed by atoms with Gasteiger partial charge in [0.05, 0.1) is 0 Å². The van der Waals surface area contributed by atoms with E-state index in [0.29, 0.717) is 24.6 Å². The zero-order chi connectivity index (χ0) is 25.0. The molecule has 2 aliphatic rings. The van der Waals surface area contributed by atoms with E-state index in [1.165, 1.54) is 37.7 Å². The van der Waals surface area contributed by atoms with Crippen LogP contribution in [0.2, 0.25) is 0 Å². The SMILES string of the molecule is CC(C)=CCN1C(=O)C(C(=O)Nc2ccc(C3CCCCC3)cc2)C(=O)C1(C)Cc1ccccc1. The Balaban J connectivity index is 1.53. The van der Waals surface area contributed by atoms with Crippen LogP contribution < -0.4 is 5.32 Å². The van der Waals surface area contributed by atoms with Gasteiger partial charge in [0, 0.05) is 18.7 Å². The third-order valence-electron chi connectivity index (χ3n) is 7.49. The molecule has 35 heavy (non-hydrogen) atoms. The second kappa shape index (κ2) is 10.6. The van der Waals surface area contributed by atoms with Gasteiger partial charge in [-0.2, -0.15) is 0 Å². The van der Waals surface area contributed by atoms with Crippen molar-refractivity contribution in [2.24, 2.45) is 5.92 Å². The molecule has 2 aromatic carbocycles. The summed E-state index contributed by atoms with van der Waals surface area (Å²) in [6.45, 7) is 6.00. The van der Waals surface area contributed by atoms with Crippen molar-refractivity contribution in [3.63, 3.8) is 0 Å². The van der Waals surface area contributed by atoms with Crippen LogP contribution >= 0.6 is 0 Å². The Kier molecular flexibility index (Phi) is 7.54. The number of nitrogens with one attached hydrogen (secondary N) is 1. The number of nitrogens with zero attached hydrogens (tertiary/aromatic N) is 1. The summed E-state index contributed by atoms with van der Waals surface area (Å²) in [5.41, 5.74) is 2.83. The molecule has 5 heteroatoms. The number of hydrogen-bond donors (Lipinski definition) is 1. The summed E-state index contributed by atoms with van der Waals surface area (Å²) in [4.78, 5) is 41.9. The number of allylic oxidation sites excluding steroid dienone is 1. The van der Waals surface area contributed by atoms with Gasteiger partial charge in [-0.3, -0.25) is 14.4 Å². The number of carbonyl (C=O) groups excluding carboxylic acids is 3. The molecule has 2 amide bonds. The average Bonchev–Trinajstić information content (AvgIpc) is 3.03. The second-order valence-corrected chi connectivity index (χ2v) is 10.4. The van der Waals surface area contributed by atoms with Crippen LogP contribution in [0.25, 0.3) is 0 Å². The zero-order valence-corrected chi connectivity index (χ0v) is 21.0. The number of hydrogen-bond acceptors (Lipinski definition) is 3. The first kappa shape index (κ1) is 24.9. The van der Waals surface area contributed by atoms with Crippen LogP contribution in [0.1, 0.15) is 69.9 Å². The molecule has 0 aromatic heterocycles. The summed E-state index contributed by atoms with van der Waals surface area (Å²) in [6, 6.07) is 17.5. The van der Waals surface area contributed by atoms with Gasteiger partial charge in [0.15, 0.2) is 11.7 Å². The third kappa shape index (κ3) is 5.39. The topological polar surface area (TPSA) is 66.5 Å². The summed E-state index contributed by atoms with van der Waals surface area (Å²) < 4.78 is 0. The molecule has 0 spiro atoms. The predicted molar refractivity (Wildman–Crippen MR) is 139 cm³/mol. The molecule has 1 aliphatic heterocycles. The normalized spacial score (nSPS) is 22.8. The van der Waals surface area contributed by atoms with Crippen molar-refractivity contribution in [3.8, 4) is 0 Å². The maximum absolute atomic E-state index is 13.6. The van der Waals surface area contributed by atoms with E-state index in [1.54, 1.807) is 11.8 Å². The molecular weight excluding hydrogens is 436 g/mol. The number of benzene rings is 2. The minimum Gasteiger partial charge on any atom is -0.325 e. The van der Waals surface area contributed by atoms with E-state index in [-0.39, 0.29) is 5.78 Å². The van der Waals surface area contributed by atoms with Gasteiger partial charge in [0.2, 0.25) is 11.8 Å². The molecule has 2 atom stereocenters. The number of anilines is 1. The van der Waals surface area contributed by atoms with E-state index in [0.717, 1.165) is 11.1 Å². The van der Waals surface area contributed by atoms with Gasteiger partial charge in [0.25, 0.3) is 0 Å². The molecule has 1 saturated carbocycles. The molecule has 1 saturated heterocycles. The van der Waals surface area contributed by atoms with E-state index < -0.39 is 23.3 Å². The van der Waals surface area contributed by atoms with Crippen LogP contribution in [0.3, 0.4) is 0 Å². The molecule has 2 unspecified atom stereocenters. The number of rotatable bonds is 7. The Hall–Kier alpha value is -3.21. The van der Waals surface area contributed by atoms with E-state index >= 15 is 0 Å². The first-order valence-electron chi connectivity index (χ1n) is 12.7. The Morgan fingerprint density at radius 3 is 2.29 bits per heavy atom. The van der Waals surface area contributed by atoms with Gasteiger partial charge in [-0.25, -0.2) is 0 Å². The minimum atomic E-state index is -1.34. The second-order valence-electron chi connectivity index (χ2n) is 10.4. The maximum atomic E-state index is 13.6. The highest BCUT2D eigenvalue weighted by Crippen LogP contribution is 2.36. The predicted octanol–water partition coefficient (Wildman–Crippen LogP) is 5.67. The number of Topliss-reactive ketones (excluding diaryl/α,β-unsaturated/α-hetero) is 1. The monoisotopic (exact) mass is 472 g/mol. The van der Waals surface area contributed by atoms with Gasteiger partial charge in [-0.1, -0.05) is 73.4 Å². The van der Waals surface area contributed by atoms with Crippen molar-refractivity contribution in [3.05, 3.63) is 77.4 Å². The number of ketones is 1. The van der Waals surface area contributed by atoms with Crippen molar-refractivity contribution in [1.29, 1.82) is 0 Å². The minimum absolute atomic E-state index is 0.302. The summed E-state index contributed by atoms with van der Waals surface area (Å²) >= 11 is 0. The van der Waals surface area contributed by atoms with Crippen molar-refractivity contribution < 1.29 is 14.4 Å². The molecule has 184 valence electrons. The van der Waals surface area contributed by atoms with Crippen molar-refractivity contribution >= 4 is 23.3 Å². The fraction of sp³-hybridized carbons (Fsp3) is 0.433. The first-order chi connectivity index (χ1) is 16.8. The summed E-state index contributed by atoms with van der Waals surface area (Å²) in [7, 11) is 0. The molecule has 1 aliphatic carbocycles. The van der Waals surface area contributed by atoms with Crippen LogP contribution in [0.15, 0.2) is 66.2 Å². The Morgan fingerprint density at radius 2 is 1.66 bits per heavy atom. The van der Waals surface area contributed by atoms with Crippen molar-refractivity contribution in [1.82, 2.24) is 4.90 Å². The largest absolute Gasteiger partial charge is 0.325 e. The van der Waals surface area contributed by atoms with Gasteiger partial charge in [-0.15, -0.1) is 0 Å². The quantitative estimate of drug-likeness (QED) is 0.417. The highest BCUT2D eigenvalue weighted by atomic mass is 16.2. The number of carbonyl (C=O) groups is 3. The summed E-state index contributed by atoms with van der Waals surface area (Å²) in [6.07, 6.45) is 8.55. The lowest BCUT2D eigenvalue weighted by atomic mass is 9.84. The molecule has 2 aromatic rings. The first-order valence-corrected chi connectivity index (χ1v) is 12.7. The van der Waals surface area contributed by atoms with E-state index in [1.807, 2.05) is 62.4 Å². The standard InChI is InChI=1S/C30H36N2O3/c1-21(2)18-19-32-29(35)26(27(33)30(32,3)20-22-10-6-4-7-11-22)28(34)31-25-16-14-24(15-17-25)23-12-8-5-9-13-23/h4,6-7,10-11,14-18,23,26H,5,8-9,12-13,19-20H2,1-3H3,(H,31,34). The van der Waals surface area contributed by atoms with Crippen LogP contribution in [0.4, 0.5) is 5.69 Å². The van der Waals surface area contributed by atoms with Crippen molar-refractivity contribution in [2.75, 3.05) is 11.9 Å². The highest BCUT2D eigenvalue weighted by molar-refractivity contribution is 6.27. The van der Waals surface area contributed by atoms with Crippen LogP contribution in [0, 0.1) is 5.92 Å².